The molecule has 1 atom stereocenters. The van der Waals surface area contributed by atoms with Crippen LogP contribution >= 0.6 is 11.6 Å². The summed E-state index contributed by atoms with van der Waals surface area (Å²) in [5, 5.41) is 20.4. The first kappa shape index (κ1) is 13.5. The highest BCUT2D eigenvalue weighted by molar-refractivity contribution is 6.29. The average molecular weight is 258 g/mol. The first-order valence-corrected chi connectivity index (χ1v) is 5.22. The number of hydrogen-bond donors (Lipinski definition) is 1. The van der Waals surface area contributed by atoms with Gasteiger partial charge < -0.3 is 9.84 Å². The van der Waals surface area contributed by atoms with Crippen molar-refractivity contribution in [2.75, 3.05) is 6.61 Å². The number of halogens is 1. The van der Waals surface area contributed by atoms with Crippen molar-refractivity contribution in [3.05, 3.63) is 45.5 Å². The quantitative estimate of drug-likeness (QED) is 0.650. The molecule has 0 aromatic heterocycles. The Morgan fingerprint density at radius 1 is 1.71 bits per heavy atom. The Labute approximate surface area is 103 Å². The molecule has 92 valence electrons. The van der Waals surface area contributed by atoms with Crippen molar-refractivity contribution in [3.63, 3.8) is 0 Å². The molecule has 0 saturated heterocycles. The standard InChI is InChI=1S/C11H12ClNO4/c1-7(12)6-17-11-4-3-9(13(15)16)5-10(11)8(2)14/h3-5,8,14H,1,6H2,2H3/t8-/m1/s1. The van der Waals surface area contributed by atoms with Crippen molar-refractivity contribution >= 4 is 17.3 Å². The van der Waals surface area contributed by atoms with Gasteiger partial charge in [0.15, 0.2) is 0 Å². The molecule has 0 saturated carbocycles. The van der Waals surface area contributed by atoms with E-state index in [-0.39, 0.29) is 12.3 Å². The molecule has 1 rings (SSSR count). The highest BCUT2D eigenvalue weighted by Crippen LogP contribution is 2.29. The molecule has 1 aromatic rings. The van der Waals surface area contributed by atoms with E-state index < -0.39 is 11.0 Å². The minimum Gasteiger partial charge on any atom is -0.488 e. The summed E-state index contributed by atoms with van der Waals surface area (Å²) in [7, 11) is 0. The molecule has 0 fully saturated rings. The lowest BCUT2D eigenvalue weighted by Gasteiger charge is -2.12. The molecule has 17 heavy (non-hydrogen) atoms. The van der Waals surface area contributed by atoms with Crippen LogP contribution in [0.3, 0.4) is 0 Å². The van der Waals surface area contributed by atoms with Crippen LogP contribution in [0.25, 0.3) is 0 Å². The molecule has 0 amide bonds. The maximum Gasteiger partial charge on any atom is 0.270 e. The topological polar surface area (TPSA) is 72.6 Å². The molecule has 1 aromatic carbocycles. The van der Waals surface area contributed by atoms with E-state index in [9.17, 15) is 15.2 Å². The fraction of sp³-hybridized carbons (Fsp3) is 0.273. The van der Waals surface area contributed by atoms with Crippen molar-refractivity contribution in [1.29, 1.82) is 0 Å². The van der Waals surface area contributed by atoms with Crippen LogP contribution in [0.2, 0.25) is 0 Å². The van der Waals surface area contributed by atoms with Crippen LogP contribution in [0, 0.1) is 10.1 Å². The molecule has 1 N–H and O–H groups in total. The van der Waals surface area contributed by atoms with Crippen LogP contribution in [-0.2, 0) is 0 Å². The van der Waals surface area contributed by atoms with Gasteiger partial charge in [0.2, 0.25) is 0 Å². The lowest BCUT2D eigenvalue weighted by molar-refractivity contribution is -0.385. The van der Waals surface area contributed by atoms with Gasteiger partial charge in [-0.15, -0.1) is 0 Å². The normalized spacial score (nSPS) is 11.9. The van der Waals surface area contributed by atoms with E-state index >= 15 is 0 Å². The number of aliphatic hydroxyl groups excluding tert-OH is 1. The van der Waals surface area contributed by atoms with Gasteiger partial charge in [0.25, 0.3) is 5.69 Å². The van der Waals surface area contributed by atoms with Crippen molar-refractivity contribution in [3.8, 4) is 5.75 Å². The van der Waals surface area contributed by atoms with Crippen LogP contribution in [0.5, 0.6) is 5.75 Å². The molecule has 0 radical (unpaired) electrons. The first-order valence-electron chi connectivity index (χ1n) is 4.84. The van der Waals surface area contributed by atoms with Gasteiger partial charge in [0, 0.05) is 22.7 Å². The van der Waals surface area contributed by atoms with E-state index in [1.165, 1.54) is 25.1 Å². The molecule has 6 heteroatoms. The van der Waals surface area contributed by atoms with Crippen molar-refractivity contribution < 1.29 is 14.8 Å². The Hall–Kier alpha value is -1.59. The second kappa shape index (κ2) is 5.65. The van der Waals surface area contributed by atoms with E-state index in [1.807, 2.05) is 0 Å². The lowest BCUT2D eigenvalue weighted by Crippen LogP contribution is -2.03. The van der Waals surface area contributed by atoms with E-state index in [0.717, 1.165) is 0 Å². The fourth-order valence-corrected chi connectivity index (χ4v) is 1.32. The summed E-state index contributed by atoms with van der Waals surface area (Å²) < 4.78 is 5.28. The third-order valence-electron chi connectivity index (χ3n) is 2.04. The van der Waals surface area contributed by atoms with E-state index in [0.29, 0.717) is 16.3 Å². The summed E-state index contributed by atoms with van der Waals surface area (Å²) >= 11 is 5.55. The van der Waals surface area contributed by atoms with E-state index in [4.69, 9.17) is 16.3 Å². The minimum atomic E-state index is -0.867. The molecule has 0 heterocycles. The second-order valence-corrected chi connectivity index (χ2v) is 4.00. The lowest BCUT2D eigenvalue weighted by atomic mass is 10.1. The Bertz CT molecular complexity index is 445. The van der Waals surface area contributed by atoms with Crippen molar-refractivity contribution in [1.82, 2.24) is 0 Å². The van der Waals surface area contributed by atoms with Gasteiger partial charge >= 0.3 is 0 Å². The highest BCUT2D eigenvalue weighted by Gasteiger charge is 2.15. The summed E-state index contributed by atoms with van der Waals surface area (Å²) in [6.07, 6.45) is -0.867. The Kier molecular flexibility index (Phi) is 4.48. The number of hydrogen-bond acceptors (Lipinski definition) is 4. The maximum absolute atomic E-state index is 10.6. The molecule has 0 bridgehead atoms. The summed E-state index contributed by atoms with van der Waals surface area (Å²) in [5.74, 6) is 0.354. The van der Waals surface area contributed by atoms with Gasteiger partial charge in [0.05, 0.1) is 11.0 Å². The van der Waals surface area contributed by atoms with Crippen molar-refractivity contribution in [2.45, 2.75) is 13.0 Å². The summed E-state index contributed by atoms with van der Waals surface area (Å²) in [5.41, 5.74) is 0.245. The monoisotopic (exact) mass is 257 g/mol. The first-order chi connectivity index (χ1) is 7.91. The fourth-order valence-electron chi connectivity index (χ4n) is 1.26. The minimum absolute atomic E-state index is 0.0824. The number of ether oxygens (including phenoxy) is 1. The SMILES string of the molecule is C=C(Cl)COc1ccc([N+](=O)[O-])cc1[C@@H](C)O. The highest BCUT2D eigenvalue weighted by atomic mass is 35.5. The molecule has 0 spiro atoms. The molecule has 5 nitrogen and oxygen atoms in total. The summed E-state index contributed by atoms with van der Waals surface area (Å²) in [4.78, 5) is 10.1. The smallest absolute Gasteiger partial charge is 0.270 e. The molecular weight excluding hydrogens is 246 g/mol. The number of nitro groups is 1. The van der Waals surface area contributed by atoms with Crippen LogP contribution in [0.1, 0.15) is 18.6 Å². The predicted molar refractivity (Wildman–Crippen MR) is 64.2 cm³/mol. The van der Waals surface area contributed by atoms with Crippen LogP contribution in [-0.4, -0.2) is 16.6 Å². The van der Waals surface area contributed by atoms with Crippen LogP contribution in [0.15, 0.2) is 29.8 Å². The molecule has 0 aliphatic rings. The number of rotatable bonds is 5. The van der Waals surface area contributed by atoms with Crippen LogP contribution < -0.4 is 4.74 Å². The van der Waals surface area contributed by atoms with Gasteiger partial charge in [0.1, 0.15) is 12.4 Å². The number of non-ortho nitro benzene ring substituents is 1. The zero-order valence-electron chi connectivity index (χ0n) is 9.22. The molecular formula is C11H12ClNO4. The average Bonchev–Trinajstić information content (AvgIpc) is 2.25. The Morgan fingerprint density at radius 2 is 2.35 bits per heavy atom. The number of nitrogens with zero attached hydrogens (tertiary/aromatic N) is 1. The third-order valence-corrected chi connectivity index (χ3v) is 2.15. The zero-order valence-corrected chi connectivity index (χ0v) is 9.98. The molecule has 0 unspecified atom stereocenters. The number of nitro benzene ring substituents is 1. The zero-order chi connectivity index (χ0) is 13.0. The third kappa shape index (κ3) is 3.72. The van der Waals surface area contributed by atoms with E-state index in [2.05, 4.69) is 6.58 Å². The van der Waals surface area contributed by atoms with Crippen LogP contribution in [0.4, 0.5) is 5.69 Å². The van der Waals surface area contributed by atoms with E-state index in [1.54, 1.807) is 0 Å². The second-order valence-electron chi connectivity index (χ2n) is 3.46. The van der Waals surface area contributed by atoms with Gasteiger partial charge in [-0.25, -0.2) is 0 Å². The van der Waals surface area contributed by atoms with Gasteiger partial charge in [-0.2, -0.15) is 0 Å². The number of benzene rings is 1. The molecule has 0 aliphatic heterocycles. The van der Waals surface area contributed by atoms with Gasteiger partial charge in [-0.1, -0.05) is 18.2 Å². The largest absolute Gasteiger partial charge is 0.488 e. The maximum atomic E-state index is 10.6. The Morgan fingerprint density at radius 3 is 2.82 bits per heavy atom. The van der Waals surface area contributed by atoms with Crippen molar-refractivity contribution in [2.24, 2.45) is 0 Å². The number of aliphatic hydroxyl groups is 1. The summed E-state index contributed by atoms with van der Waals surface area (Å²) in [6.45, 7) is 5.04. The Balaban J connectivity index is 3.04. The molecule has 0 aliphatic carbocycles. The van der Waals surface area contributed by atoms with Gasteiger partial charge in [-0.3, -0.25) is 10.1 Å². The van der Waals surface area contributed by atoms with Gasteiger partial charge in [-0.05, 0) is 13.0 Å². The predicted octanol–water partition coefficient (Wildman–Crippen LogP) is 2.78. The summed E-state index contributed by atoms with van der Waals surface area (Å²) in [6, 6.07) is 4.01.